The second-order valence-corrected chi connectivity index (χ2v) is 6.13. The van der Waals surface area contributed by atoms with Crippen molar-refractivity contribution in [1.29, 1.82) is 0 Å². The van der Waals surface area contributed by atoms with Crippen LogP contribution in [-0.2, 0) is 4.79 Å². The van der Waals surface area contributed by atoms with Gasteiger partial charge in [0.2, 0.25) is 5.91 Å². The lowest BCUT2D eigenvalue weighted by atomic mass is 9.74. The molecule has 5 heteroatoms. The standard InChI is InChI=1S/C16H19F2NO2/c1-9-3-2-4-10(7-9)14-12-8-11(21-16(17)18)5-6-13(12)19-15(14)20/h5-6,8-10,14,16H,2-4,7H2,1H3,(H,19,20). The second kappa shape index (κ2) is 5.62. The largest absolute Gasteiger partial charge is 0.435 e. The summed E-state index contributed by atoms with van der Waals surface area (Å²) in [6.07, 6.45) is 4.35. The van der Waals surface area contributed by atoms with E-state index in [1.165, 1.54) is 12.5 Å². The van der Waals surface area contributed by atoms with Crippen molar-refractivity contribution in [3.05, 3.63) is 23.8 Å². The summed E-state index contributed by atoms with van der Waals surface area (Å²) in [5.41, 5.74) is 1.53. The van der Waals surface area contributed by atoms with Crippen molar-refractivity contribution >= 4 is 11.6 Å². The van der Waals surface area contributed by atoms with Gasteiger partial charge in [0.1, 0.15) is 5.75 Å². The molecule has 1 aliphatic carbocycles. The third-order valence-electron chi connectivity index (χ3n) is 4.57. The Morgan fingerprint density at radius 2 is 2.14 bits per heavy atom. The van der Waals surface area contributed by atoms with Crippen LogP contribution in [0.5, 0.6) is 5.75 Å². The Bertz CT molecular complexity index is 547. The number of nitrogens with one attached hydrogen (secondary N) is 1. The molecule has 0 radical (unpaired) electrons. The lowest BCUT2D eigenvalue weighted by Crippen LogP contribution is -2.25. The zero-order chi connectivity index (χ0) is 15.0. The molecule has 0 bridgehead atoms. The van der Waals surface area contributed by atoms with E-state index >= 15 is 0 Å². The van der Waals surface area contributed by atoms with E-state index in [0.29, 0.717) is 5.92 Å². The van der Waals surface area contributed by atoms with Gasteiger partial charge in [0, 0.05) is 5.69 Å². The van der Waals surface area contributed by atoms with Crippen molar-refractivity contribution in [1.82, 2.24) is 0 Å². The summed E-state index contributed by atoms with van der Waals surface area (Å²) in [7, 11) is 0. The first kappa shape index (κ1) is 14.3. The number of rotatable bonds is 3. The molecule has 3 rings (SSSR count). The van der Waals surface area contributed by atoms with Gasteiger partial charge in [-0.2, -0.15) is 8.78 Å². The number of ether oxygens (including phenoxy) is 1. The Balaban J connectivity index is 1.88. The SMILES string of the molecule is CC1CCCC(C2C(=O)Nc3ccc(OC(F)F)cc32)C1. The summed E-state index contributed by atoms with van der Waals surface area (Å²) in [5, 5.41) is 2.86. The van der Waals surface area contributed by atoms with E-state index in [-0.39, 0.29) is 23.5 Å². The van der Waals surface area contributed by atoms with Crippen LogP contribution in [0.3, 0.4) is 0 Å². The predicted octanol–water partition coefficient (Wildman–Crippen LogP) is 4.15. The first-order valence-corrected chi connectivity index (χ1v) is 7.44. The highest BCUT2D eigenvalue weighted by molar-refractivity contribution is 6.03. The van der Waals surface area contributed by atoms with Gasteiger partial charge in [-0.3, -0.25) is 4.79 Å². The summed E-state index contributed by atoms with van der Waals surface area (Å²) >= 11 is 0. The van der Waals surface area contributed by atoms with Gasteiger partial charge < -0.3 is 10.1 Å². The zero-order valence-corrected chi connectivity index (χ0v) is 11.9. The van der Waals surface area contributed by atoms with Crippen molar-refractivity contribution in [3.8, 4) is 5.75 Å². The van der Waals surface area contributed by atoms with E-state index in [2.05, 4.69) is 17.0 Å². The van der Waals surface area contributed by atoms with Crippen molar-refractivity contribution in [2.24, 2.45) is 11.8 Å². The molecule has 0 spiro atoms. The molecule has 114 valence electrons. The van der Waals surface area contributed by atoms with E-state index in [4.69, 9.17) is 0 Å². The Morgan fingerprint density at radius 1 is 1.33 bits per heavy atom. The molecule has 3 atom stereocenters. The van der Waals surface area contributed by atoms with Gasteiger partial charge in [-0.25, -0.2) is 0 Å². The fraction of sp³-hybridized carbons (Fsp3) is 0.562. The number of anilines is 1. The lowest BCUT2D eigenvalue weighted by molar-refractivity contribution is -0.118. The van der Waals surface area contributed by atoms with E-state index in [1.54, 1.807) is 12.1 Å². The number of fused-ring (bicyclic) bond motifs is 1. The quantitative estimate of drug-likeness (QED) is 0.909. The Labute approximate surface area is 122 Å². The smallest absolute Gasteiger partial charge is 0.387 e. The van der Waals surface area contributed by atoms with Crippen LogP contribution in [0.4, 0.5) is 14.5 Å². The number of halogens is 2. The first-order chi connectivity index (χ1) is 10.0. The molecule has 3 nitrogen and oxygen atoms in total. The van der Waals surface area contributed by atoms with Crippen molar-refractivity contribution in [3.63, 3.8) is 0 Å². The Hall–Kier alpha value is -1.65. The monoisotopic (exact) mass is 295 g/mol. The minimum Gasteiger partial charge on any atom is -0.435 e. The number of carbonyl (C=O) groups excluding carboxylic acids is 1. The van der Waals surface area contributed by atoms with Crippen molar-refractivity contribution in [2.75, 3.05) is 5.32 Å². The Kier molecular flexibility index (Phi) is 3.83. The molecule has 0 aromatic heterocycles. The van der Waals surface area contributed by atoms with Crippen LogP contribution in [0.15, 0.2) is 18.2 Å². The highest BCUT2D eigenvalue weighted by Gasteiger charge is 2.38. The summed E-state index contributed by atoms with van der Waals surface area (Å²) in [6.45, 7) is -0.641. The molecule has 2 aliphatic rings. The lowest BCUT2D eigenvalue weighted by Gasteiger charge is -2.30. The summed E-state index contributed by atoms with van der Waals surface area (Å²) < 4.78 is 29.2. The van der Waals surface area contributed by atoms with Crippen molar-refractivity contribution in [2.45, 2.75) is 45.1 Å². The van der Waals surface area contributed by atoms with Crippen LogP contribution < -0.4 is 10.1 Å². The summed E-state index contributed by atoms with van der Waals surface area (Å²) in [4.78, 5) is 12.3. The molecule has 1 heterocycles. The number of carbonyl (C=O) groups is 1. The third-order valence-corrected chi connectivity index (χ3v) is 4.57. The molecule has 21 heavy (non-hydrogen) atoms. The number of amides is 1. The number of alkyl halides is 2. The van der Waals surface area contributed by atoms with Crippen LogP contribution in [0.2, 0.25) is 0 Å². The fourth-order valence-electron chi connectivity index (χ4n) is 3.69. The topological polar surface area (TPSA) is 38.3 Å². The van der Waals surface area contributed by atoms with Crippen LogP contribution in [0.25, 0.3) is 0 Å². The van der Waals surface area contributed by atoms with E-state index in [9.17, 15) is 13.6 Å². The molecule has 3 unspecified atom stereocenters. The zero-order valence-electron chi connectivity index (χ0n) is 11.9. The van der Waals surface area contributed by atoms with Gasteiger partial charge in [0.15, 0.2) is 0 Å². The Morgan fingerprint density at radius 3 is 2.86 bits per heavy atom. The second-order valence-electron chi connectivity index (χ2n) is 6.13. The predicted molar refractivity (Wildman–Crippen MR) is 75.6 cm³/mol. The van der Waals surface area contributed by atoms with Crippen LogP contribution in [0, 0.1) is 11.8 Å². The van der Waals surface area contributed by atoms with Gasteiger partial charge >= 0.3 is 6.61 Å². The van der Waals surface area contributed by atoms with Gasteiger partial charge in [-0.05, 0) is 48.4 Å². The van der Waals surface area contributed by atoms with Gasteiger partial charge in [-0.15, -0.1) is 0 Å². The van der Waals surface area contributed by atoms with E-state index in [1.807, 2.05) is 0 Å². The molecule has 1 amide bonds. The minimum atomic E-state index is -2.85. The number of benzene rings is 1. The molecule has 1 aliphatic heterocycles. The molecule has 1 saturated carbocycles. The average molecular weight is 295 g/mol. The maximum atomic E-state index is 12.3. The summed E-state index contributed by atoms with van der Waals surface area (Å²) in [6, 6.07) is 4.71. The van der Waals surface area contributed by atoms with Gasteiger partial charge in [-0.1, -0.05) is 19.8 Å². The summed E-state index contributed by atoms with van der Waals surface area (Å²) in [5.74, 6) is 0.772. The molecule has 1 N–H and O–H groups in total. The molecule has 0 saturated heterocycles. The molecular weight excluding hydrogens is 276 g/mol. The maximum Gasteiger partial charge on any atom is 0.387 e. The van der Waals surface area contributed by atoms with Crippen LogP contribution >= 0.6 is 0 Å². The van der Waals surface area contributed by atoms with Crippen LogP contribution in [-0.4, -0.2) is 12.5 Å². The fourth-order valence-corrected chi connectivity index (χ4v) is 3.69. The number of hydrogen-bond donors (Lipinski definition) is 1. The normalized spacial score (nSPS) is 28.4. The highest BCUT2D eigenvalue weighted by Crippen LogP contribution is 2.45. The van der Waals surface area contributed by atoms with Crippen LogP contribution in [0.1, 0.15) is 44.1 Å². The van der Waals surface area contributed by atoms with Crippen molar-refractivity contribution < 1.29 is 18.3 Å². The van der Waals surface area contributed by atoms with E-state index < -0.39 is 6.61 Å². The highest BCUT2D eigenvalue weighted by atomic mass is 19.3. The van der Waals surface area contributed by atoms with Gasteiger partial charge in [0.25, 0.3) is 0 Å². The molecule has 1 aromatic carbocycles. The molecule has 1 aromatic rings. The van der Waals surface area contributed by atoms with Gasteiger partial charge in [0.05, 0.1) is 5.92 Å². The maximum absolute atomic E-state index is 12.3. The van der Waals surface area contributed by atoms with E-state index in [0.717, 1.165) is 30.5 Å². The average Bonchev–Trinajstić information content (AvgIpc) is 2.73. The first-order valence-electron chi connectivity index (χ1n) is 7.44. The number of hydrogen-bond acceptors (Lipinski definition) is 2. The molecule has 1 fully saturated rings. The third kappa shape index (κ3) is 2.87. The minimum absolute atomic E-state index is 0.0155. The molecular formula is C16H19F2NO2.